The van der Waals surface area contributed by atoms with Crippen molar-refractivity contribution in [2.24, 2.45) is 0 Å². The number of hydrogen-bond donors (Lipinski definition) is 1. The Labute approximate surface area is 70.1 Å². The van der Waals surface area contributed by atoms with E-state index in [2.05, 4.69) is 5.32 Å². The van der Waals surface area contributed by atoms with E-state index in [1.165, 1.54) is 0 Å². The Balaban J connectivity index is 2.44. The van der Waals surface area contributed by atoms with Gasteiger partial charge >= 0.3 is 0 Å². The summed E-state index contributed by atoms with van der Waals surface area (Å²) < 4.78 is 0. The number of hydrogen-bond acceptors (Lipinski definition) is 2. The van der Waals surface area contributed by atoms with Crippen LogP contribution in [-0.2, 0) is 9.59 Å². The summed E-state index contributed by atoms with van der Waals surface area (Å²) in [7, 11) is 0. The molecule has 0 unspecified atom stereocenters. The first kappa shape index (κ1) is 7.28. The number of carbonyl (C=O) groups excluding carboxylic acids is 2. The number of allylic oxidation sites excluding steroid dienone is 1. The SMILES string of the molecule is O=C1NC(=O)C2=C1C=CCCC2. The summed E-state index contributed by atoms with van der Waals surface area (Å²) in [5.41, 5.74) is 1.23. The van der Waals surface area contributed by atoms with Crippen molar-refractivity contribution < 1.29 is 9.59 Å². The van der Waals surface area contributed by atoms with E-state index < -0.39 is 0 Å². The van der Waals surface area contributed by atoms with Crippen molar-refractivity contribution in [2.45, 2.75) is 19.3 Å². The lowest BCUT2D eigenvalue weighted by atomic mass is 10.1. The van der Waals surface area contributed by atoms with Crippen LogP contribution >= 0.6 is 0 Å². The molecule has 0 aromatic heterocycles. The third-order valence-corrected chi connectivity index (χ3v) is 2.15. The third-order valence-electron chi connectivity index (χ3n) is 2.15. The molecule has 0 saturated heterocycles. The Kier molecular flexibility index (Phi) is 1.57. The minimum Gasteiger partial charge on any atom is -0.288 e. The average molecular weight is 163 g/mol. The second kappa shape index (κ2) is 2.59. The zero-order valence-electron chi connectivity index (χ0n) is 6.59. The molecule has 0 saturated carbocycles. The zero-order chi connectivity index (χ0) is 8.55. The first-order valence-corrected chi connectivity index (χ1v) is 4.04. The molecule has 0 radical (unpaired) electrons. The van der Waals surface area contributed by atoms with Crippen LogP contribution in [0.15, 0.2) is 23.3 Å². The molecule has 0 aromatic rings. The topological polar surface area (TPSA) is 46.2 Å². The molecule has 0 fully saturated rings. The molecular weight excluding hydrogens is 154 g/mol. The van der Waals surface area contributed by atoms with Crippen LogP contribution in [0.25, 0.3) is 0 Å². The maximum absolute atomic E-state index is 11.1. The summed E-state index contributed by atoms with van der Waals surface area (Å²) in [6.45, 7) is 0. The Morgan fingerprint density at radius 3 is 2.92 bits per heavy atom. The van der Waals surface area contributed by atoms with Crippen LogP contribution in [0.5, 0.6) is 0 Å². The summed E-state index contributed by atoms with van der Waals surface area (Å²) in [6, 6.07) is 0. The molecule has 2 aliphatic rings. The third kappa shape index (κ3) is 0.978. The highest BCUT2D eigenvalue weighted by atomic mass is 16.2. The molecule has 0 atom stereocenters. The lowest BCUT2D eigenvalue weighted by Gasteiger charge is -1.95. The zero-order valence-corrected chi connectivity index (χ0v) is 6.59. The van der Waals surface area contributed by atoms with Crippen LogP contribution in [0.3, 0.4) is 0 Å². The van der Waals surface area contributed by atoms with Gasteiger partial charge in [0.2, 0.25) is 0 Å². The number of amides is 2. The largest absolute Gasteiger partial charge is 0.288 e. The lowest BCUT2D eigenvalue weighted by Crippen LogP contribution is -2.23. The van der Waals surface area contributed by atoms with Crippen LogP contribution in [-0.4, -0.2) is 11.8 Å². The minimum atomic E-state index is -0.242. The predicted octanol–water partition coefficient (Wildman–Crippen LogP) is 0.679. The summed E-state index contributed by atoms with van der Waals surface area (Å²) in [6.07, 6.45) is 6.33. The van der Waals surface area contributed by atoms with E-state index in [0.29, 0.717) is 11.1 Å². The Bertz CT molecular complexity index is 312. The van der Waals surface area contributed by atoms with Crippen LogP contribution < -0.4 is 5.32 Å². The molecular formula is C9H9NO2. The lowest BCUT2D eigenvalue weighted by molar-refractivity contribution is -0.124. The second-order valence-corrected chi connectivity index (χ2v) is 2.97. The van der Waals surface area contributed by atoms with Crippen molar-refractivity contribution in [3.8, 4) is 0 Å². The second-order valence-electron chi connectivity index (χ2n) is 2.97. The molecule has 12 heavy (non-hydrogen) atoms. The molecule has 0 aromatic carbocycles. The van der Waals surface area contributed by atoms with E-state index in [9.17, 15) is 9.59 Å². The molecule has 1 aliphatic heterocycles. The van der Waals surface area contributed by atoms with Crippen LogP contribution in [0.4, 0.5) is 0 Å². The van der Waals surface area contributed by atoms with Gasteiger partial charge in [-0.25, -0.2) is 0 Å². The molecule has 1 N–H and O–H groups in total. The normalized spacial score (nSPS) is 22.3. The first-order chi connectivity index (χ1) is 5.79. The molecule has 3 nitrogen and oxygen atoms in total. The highest BCUT2D eigenvalue weighted by Crippen LogP contribution is 2.22. The Morgan fingerprint density at radius 2 is 2.08 bits per heavy atom. The van der Waals surface area contributed by atoms with Crippen molar-refractivity contribution in [1.82, 2.24) is 5.32 Å². The number of imide groups is 1. The summed E-state index contributed by atoms with van der Waals surface area (Å²) >= 11 is 0. The van der Waals surface area contributed by atoms with E-state index in [1.807, 2.05) is 6.08 Å². The van der Waals surface area contributed by atoms with Gasteiger partial charge in [-0.2, -0.15) is 0 Å². The number of rotatable bonds is 0. The highest BCUT2D eigenvalue weighted by Gasteiger charge is 2.28. The summed E-state index contributed by atoms with van der Waals surface area (Å²) in [5, 5.41) is 2.28. The van der Waals surface area contributed by atoms with Crippen molar-refractivity contribution in [3.63, 3.8) is 0 Å². The summed E-state index contributed by atoms with van der Waals surface area (Å²) in [4.78, 5) is 22.3. The first-order valence-electron chi connectivity index (χ1n) is 4.04. The fourth-order valence-corrected chi connectivity index (χ4v) is 1.53. The Hall–Kier alpha value is -1.38. The van der Waals surface area contributed by atoms with Gasteiger partial charge < -0.3 is 0 Å². The molecule has 0 bridgehead atoms. The van der Waals surface area contributed by atoms with Gasteiger partial charge in [-0.1, -0.05) is 12.2 Å². The molecule has 2 rings (SSSR count). The van der Waals surface area contributed by atoms with Crippen LogP contribution in [0.2, 0.25) is 0 Å². The van der Waals surface area contributed by atoms with Crippen molar-refractivity contribution in [3.05, 3.63) is 23.3 Å². The average Bonchev–Trinajstić information content (AvgIpc) is 2.29. The number of carbonyl (C=O) groups is 2. The molecule has 3 heteroatoms. The van der Waals surface area contributed by atoms with Crippen LogP contribution in [0, 0.1) is 0 Å². The van der Waals surface area contributed by atoms with Gasteiger partial charge in [0.05, 0.1) is 0 Å². The van der Waals surface area contributed by atoms with E-state index in [1.54, 1.807) is 6.08 Å². The van der Waals surface area contributed by atoms with E-state index >= 15 is 0 Å². The van der Waals surface area contributed by atoms with Crippen LogP contribution in [0.1, 0.15) is 19.3 Å². The van der Waals surface area contributed by atoms with Gasteiger partial charge in [0.25, 0.3) is 11.8 Å². The van der Waals surface area contributed by atoms with Crippen molar-refractivity contribution in [1.29, 1.82) is 0 Å². The fourth-order valence-electron chi connectivity index (χ4n) is 1.53. The maximum Gasteiger partial charge on any atom is 0.258 e. The van der Waals surface area contributed by atoms with Gasteiger partial charge in [-0.15, -0.1) is 0 Å². The molecule has 62 valence electrons. The Morgan fingerprint density at radius 1 is 1.25 bits per heavy atom. The van der Waals surface area contributed by atoms with Gasteiger partial charge in [0.1, 0.15) is 0 Å². The van der Waals surface area contributed by atoms with E-state index in [-0.39, 0.29) is 11.8 Å². The van der Waals surface area contributed by atoms with Gasteiger partial charge in [-0.3, -0.25) is 14.9 Å². The molecule has 0 spiro atoms. The molecule has 1 aliphatic carbocycles. The van der Waals surface area contributed by atoms with E-state index in [4.69, 9.17) is 0 Å². The predicted molar refractivity (Wildman–Crippen MR) is 43.2 cm³/mol. The van der Waals surface area contributed by atoms with Gasteiger partial charge in [0.15, 0.2) is 0 Å². The summed E-state index contributed by atoms with van der Waals surface area (Å²) in [5.74, 6) is -0.449. The van der Waals surface area contributed by atoms with Gasteiger partial charge in [-0.05, 0) is 19.3 Å². The van der Waals surface area contributed by atoms with Crippen molar-refractivity contribution in [2.75, 3.05) is 0 Å². The standard InChI is InChI=1S/C9H9NO2/c11-8-6-4-2-1-3-5-7(6)9(12)10-8/h2,4H,1,3,5H2,(H,10,11,12). The molecule has 2 amide bonds. The van der Waals surface area contributed by atoms with E-state index in [0.717, 1.165) is 19.3 Å². The monoisotopic (exact) mass is 163 g/mol. The smallest absolute Gasteiger partial charge is 0.258 e. The highest BCUT2D eigenvalue weighted by molar-refractivity contribution is 6.20. The fraction of sp³-hybridized carbons (Fsp3) is 0.333. The van der Waals surface area contributed by atoms with Crippen molar-refractivity contribution >= 4 is 11.8 Å². The number of nitrogens with one attached hydrogen (secondary N) is 1. The van der Waals surface area contributed by atoms with Gasteiger partial charge in [0, 0.05) is 11.1 Å². The maximum atomic E-state index is 11.1. The molecule has 1 heterocycles. The quantitative estimate of drug-likeness (QED) is 0.534. The minimum absolute atomic E-state index is 0.207.